The quantitative estimate of drug-likeness (QED) is 0.740. The van der Waals surface area contributed by atoms with E-state index >= 15 is 0 Å². The van der Waals surface area contributed by atoms with Gasteiger partial charge in [0.15, 0.2) is 0 Å². The van der Waals surface area contributed by atoms with Crippen molar-refractivity contribution >= 4 is 11.4 Å². The van der Waals surface area contributed by atoms with Crippen LogP contribution in [-0.2, 0) is 0 Å². The number of piperidine rings is 1. The zero-order valence-electron chi connectivity index (χ0n) is 9.91. The fourth-order valence-corrected chi connectivity index (χ4v) is 2.45. The van der Waals surface area contributed by atoms with Crippen LogP contribution in [0.2, 0.25) is 0 Å². The second-order valence-electron chi connectivity index (χ2n) is 4.73. The predicted molar refractivity (Wildman–Crippen MR) is 66.0 cm³/mol. The van der Waals surface area contributed by atoms with Gasteiger partial charge in [-0.05, 0) is 37.8 Å². The Labute approximate surface area is 96.2 Å². The molecule has 16 heavy (non-hydrogen) atoms. The van der Waals surface area contributed by atoms with Crippen molar-refractivity contribution in [2.45, 2.75) is 32.7 Å². The van der Waals surface area contributed by atoms with Crippen LogP contribution in [-0.4, -0.2) is 12.6 Å². The monoisotopic (exact) mass is 222 g/mol. The average molecular weight is 222 g/mol. The first-order valence-corrected chi connectivity index (χ1v) is 5.92. The van der Waals surface area contributed by atoms with E-state index < -0.39 is 0 Å². The molecule has 2 rings (SSSR count). The minimum atomic E-state index is -0.317. The van der Waals surface area contributed by atoms with E-state index in [1.54, 1.807) is 6.07 Å². The minimum Gasteiger partial charge on any atom is -0.395 e. The lowest BCUT2D eigenvalue weighted by atomic mass is 9.91. The molecule has 0 bridgehead atoms. The Bertz CT molecular complexity index is 378. The Balaban J connectivity index is 2.32. The number of hydrogen-bond acceptors (Lipinski definition) is 2. The lowest BCUT2D eigenvalue weighted by Gasteiger charge is -2.40. The van der Waals surface area contributed by atoms with E-state index in [0.717, 1.165) is 18.7 Å². The Morgan fingerprint density at radius 1 is 1.38 bits per heavy atom. The summed E-state index contributed by atoms with van der Waals surface area (Å²) in [6.07, 6.45) is 2.40. The van der Waals surface area contributed by atoms with Crippen LogP contribution in [0, 0.1) is 11.7 Å². The van der Waals surface area contributed by atoms with Crippen LogP contribution >= 0.6 is 0 Å². The summed E-state index contributed by atoms with van der Waals surface area (Å²) in [4.78, 5) is 2.23. The topological polar surface area (TPSA) is 29.3 Å². The molecule has 0 aliphatic carbocycles. The maximum atomic E-state index is 13.4. The van der Waals surface area contributed by atoms with Gasteiger partial charge in [0.1, 0.15) is 5.82 Å². The van der Waals surface area contributed by atoms with Gasteiger partial charge < -0.3 is 10.6 Å². The smallest absolute Gasteiger partial charge is 0.148 e. The van der Waals surface area contributed by atoms with Crippen molar-refractivity contribution in [1.82, 2.24) is 0 Å². The van der Waals surface area contributed by atoms with Gasteiger partial charge in [-0.25, -0.2) is 4.39 Å². The zero-order valence-corrected chi connectivity index (χ0v) is 9.91. The third kappa shape index (κ3) is 1.86. The van der Waals surface area contributed by atoms with Gasteiger partial charge in [0.2, 0.25) is 0 Å². The van der Waals surface area contributed by atoms with Gasteiger partial charge in [0.25, 0.3) is 0 Å². The number of halogens is 1. The summed E-state index contributed by atoms with van der Waals surface area (Å²) in [7, 11) is 0. The van der Waals surface area contributed by atoms with Gasteiger partial charge >= 0.3 is 0 Å². The van der Waals surface area contributed by atoms with Gasteiger partial charge in [-0.3, -0.25) is 0 Å². The summed E-state index contributed by atoms with van der Waals surface area (Å²) in [6.45, 7) is 5.40. The van der Waals surface area contributed by atoms with Crippen LogP contribution in [0.1, 0.15) is 26.7 Å². The highest BCUT2D eigenvalue weighted by Gasteiger charge is 2.26. The molecule has 1 saturated heterocycles. The van der Waals surface area contributed by atoms with Crippen molar-refractivity contribution in [3.63, 3.8) is 0 Å². The second-order valence-corrected chi connectivity index (χ2v) is 4.73. The number of rotatable bonds is 1. The molecule has 1 heterocycles. The number of hydrogen-bond donors (Lipinski definition) is 1. The number of nitrogens with zero attached hydrogens (tertiary/aromatic N) is 1. The Morgan fingerprint density at radius 3 is 2.88 bits per heavy atom. The molecule has 0 amide bonds. The lowest BCUT2D eigenvalue weighted by Crippen LogP contribution is -2.42. The summed E-state index contributed by atoms with van der Waals surface area (Å²) >= 11 is 0. The summed E-state index contributed by atoms with van der Waals surface area (Å²) in [5.74, 6) is 0.319. The first kappa shape index (κ1) is 11.2. The van der Waals surface area contributed by atoms with E-state index in [-0.39, 0.29) is 11.5 Å². The molecule has 2 N–H and O–H groups in total. The first-order valence-electron chi connectivity index (χ1n) is 5.92. The fourth-order valence-electron chi connectivity index (χ4n) is 2.45. The molecule has 1 aliphatic rings. The lowest BCUT2D eigenvalue weighted by molar-refractivity contribution is 0.363. The van der Waals surface area contributed by atoms with E-state index in [1.165, 1.54) is 12.5 Å². The van der Waals surface area contributed by atoms with E-state index in [0.29, 0.717) is 12.0 Å². The van der Waals surface area contributed by atoms with Crippen LogP contribution in [0.4, 0.5) is 15.8 Å². The standard InChI is InChI=1S/C13H19FN2/c1-9-5-4-8-16(10(9)2)12-7-3-6-11(14)13(12)15/h3,6-7,9-10H,4-5,8,15H2,1-2H3. The molecule has 2 unspecified atom stereocenters. The number of benzene rings is 1. The Kier molecular flexibility index (Phi) is 3.03. The van der Waals surface area contributed by atoms with Gasteiger partial charge in [-0.2, -0.15) is 0 Å². The van der Waals surface area contributed by atoms with E-state index in [4.69, 9.17) is 5.73 Å². The fraction of sp³-hybridized carbons (Fsp3) is 0.538. The van der Waals surface area contributed by atoms with Crippen LogP contribution in [0.3, 0.4) is 0 Å². The van der Waals surface area contributed by atoms with Crippen LogP contribution < -0.4 is 10.6 Å². The largest absolute Gasteiger partial charge is 0.395 e. The number of para-hydroxylation sites is 1. The zero-order chi connectivity index (χ0) is 11.7. The van der Waals surface area contributed by atoms with E-state index in [1.807, 2.05) is 6.07 Å². The van der Waals surface area contributed by atoms with Crippen molar-refractivity contribution in [2.24, 2.45) is 5.92 Å². The summed E-state index contributed by atoms with van der Waals surface area (Å²) in [6, 6.07) is 5.48. The highest BCUT2D eigenvalue weighted by molar-refractivity contribution is 5.68. The molecule has 3 heteroatoms. The summed E-state index contributed by atoms with van der Waals surface area (Å²) < 4.78 is 13.4. The van der Waals surface area contributed by atoms with Gasteiger partial charge in [0, 0.05) is 12.6 Å². The number of nitrogens with two attached hydrogens (primary N) is 1. The molecule has 2 nitrogen and oxygen atoms in total. The SMILES string of the molecule is CC1CCCN(c2cccc(F)c2N)C1C. The first-order chi connectivity index (χ1) is 7.61. The molecule has 1 aliphatic heterocycles. The predicted octanol–water partition coefficient (Wildman–Crippen LogP) is 3.03. The third-order valence-electron chi connectivity index (χ3n) is 3.71. The molecule has 0 saturated carbocycles. The maximum Gasteiger partial charge on any atom is 0.148 e. The molecule has 88 valence electrons. The average Bonchev–Trinajstić information content (AvgIpc) is 2.27. The van der Waals surface area contributed by atoms with Gasteiger partial charge in [0.05, 0.1) is 11.4 Å². The molecule has 0 spiro atoms. The van der Waals surface area contributed by atoms with Crippen molar-refractivity contribution < 1.29 is 4.39 Å². The highest BCUT2D eigenvalue weighted by Crippen LogP contribution is 2.33. The normalized spacial score (nSPS) is 25.8. The van der Waals surface area contributed by atoms with Crippen LogP contribution in [0.5, 0.6) is 0 Å². The van der Waals surface area contributed by atoms with Crippen molar-refractivity contribution in [2.75, 3.05) is 17.2 Å². The molecule has 1 fully saturated rings. The third-order valence-corrected chi connectivity index (χ3v) is 3.71. The van der Waals surface area contributed by atoms with E-state index in [9.17, 15) is 4.39 Å². The van der Waals surface area contributed by atoms with E-state index in [2.05, 4.69) is 18.7 Å². The molecular formula is C13H19FN2. The van der Waals surface area contributed by atoms with Crippen molar-refractivity contribution in [1.29, 1.82) is 0 Å². The Morgan fingerprint density at radius 2 is 2.12 bits per heavy atom. The highest BCUT2D eigenvalue weighted by atomic mass is 19.1. The molecular weight excluding hydrogens is 203 g/mol. The maximum absolute atomic E-state index is 13.4. The summed E-state index contributed by atoms with van der Waals surface area (Å²) in [5, 5.41) is 0. The second kappa shape index (κ2) is 4.32. The van der Waals surface area contributed by atoms with Crippen molar-refractivity contribution in [3.8, 4) is 0 Å². The van der Waals surface area contributed by atoms with Gasteiger partial charge in [-0.1, -0.05) is 13.0 Å². The van der Waals surface area contributed by atoms with Crippen LogP contribution in [0.15, 0.2) is 18.2 Å². The van der Waals surface area contributed by atoms with Gasteiger partial charge in [-0.15, -0.1) is 0 Å². The number of nitrogen functional groups attached to an aromatic ring is 1. The minimum absolute atomic E-state index is 0.281. The molecule has 0 radical (unpaired) electrons. The van der Waals surface area contributed by atoms with Crippen molar-refractivity contribution in [3.05, 3.63) is 24.0 Å². The Hall–Kier alpha value is -1.25. The molecule has 1 aromatic rings. The summed E-state index contributed by atoms with van der Waals surface area (Å²) in [5.41, 5.74) is 6.93. The molecule has 1 aromatic carbocycles. The van der Waals surface area contributed by atoms with Crippen LogP contribution in [0.25, 0.3) is 0 Å². The molecule has 0 aromatic heterocycles. The molecule has 2 atom stereocenters. The number of anilines is 2.